The number of hydrazone groups is 1. The molecule has 11 nitrogen and oxygen atoms in total. The van der Waals surface area contributed by atoms with Crippen molar-refractivity contribution in [3.63, 3.8) is 0 Å². The number of fused-ring (bicyclic) bond motifs is 1. The monoisotopic (exact) mass is 562 g/mol. The zero-order chi connectivity index (χ0) is 29.4. The number of methoxy groups -OCH3 is 1. The van der Waals surface area contributed by atoms with E-state index in [0.717, 1.165) is 16.3 Å². The predicted octanol–water partition coefficient (Wildman–Crippen LogP) is 3.76. The van der Waals surface area contributed by atoms with Gasteiger partial charge in [0.25, 0.3) is 0 Å². The van der Waals surface area contributed by atoms with E-state index in [0.29, 0.717) is 41.7 Å². The van der Waals surface area contributed by atoms with Crippen LogP contribution in [0.25, 0.3) is 10.8 Å². The molecule has 0 saturated carbocycles. The van der Waals surface area contributed by atoms with Gasteiger partial charge in [-0.1, -0.05) is 36.4 Å². The Labute approximate surface area is 238 Å². The van der Waals surface area contributed by atoms with Crippen molar-refractivity contribution in [2.24, 2.45) is 5.10 Å². The van der Waals surface area contributed by atoms with Crippen molar-refractivity contribution in [3.8, 4) is 17.2 Å². The number of nitrogens with one attached hydrogen (secondary N) is 3. The molecule has 2 atom stereocenters. The van der Waals surface area contributed by atoms with Gasteiger partial charge in [-0.3, -0.25) is 5.43 Å². The molecule has 0 aromatic heterocycles. The highest BCUT2D eigenvalue weighted by Crippen LogP contribution is 2.35. The van der Waals surface area contributed by atoms with Crippen molar-refractivity contribution in [1.82, 2.24) is 16.1 Å². The molecular weight excluding hydrogens is 528 g/mol. The molecule has 0 aliphatic carbocycles. The van der Waals surface area contributed by atoms with Crippen molar-refractivity contribution in [2.45, 2.75) is 33.0 Å². The highest BCUT2D eigenvalue weighted by atomic mass is 16.5. The van der Waals surface area contributed by atoms with Crippen molar-refractivity contribution < 1.29 is 33.6 Å². The Morgan fingerprint density at radius 3 is 2.54 bits per heavy atom. The third-order valence-electron chi connectivity index (χ3n) is 6.32. The molecule has 1 heterocycles. The number of amides is 2. The first kappa shape index (κ1) is 29.2. The van der Waals surface area contributed by atoms with Gasteiger partial charge >= 0.3 is 12.0 Å². The fourth-order valence-electron chi connectivity index (χ4n) is 4.50. The molecule has 0 saturated heterocycles. The van der Waals surface area contributed by atoms with Crippen LogP contribution >= 0.6 is 0 Å². The van der Waals surface area contributed by atoms with E-state index in [-0.39, 0.29) is 12.2 Å². The predicted molar refractivity (Wildman–Crippen MR) is 154 cm³/mol. The molecule has 0 unspecified atom stereocenters. The minimum absolute atomic E-state index is 0.138. The highest BCUT2D eigenvalue weighted by molar-refractivity contribution is 6.02. The summed E-state index contributed by atoms with van der Waals surface area (Å²) in [4.78, 5) is 24.6. The van der Waals surface area contributed by atoms with Gasteiger partial charge in [-0.2, -0.15) is 5.10 Å². The molecule has 4 rings (SSSR count). The standard InChI is InChI=1S/C30H34N4O7/c1-5-39-23-13-11-19-9-7-8-10-21(19)22(23)16-31-34-26(35)17-41-24-14-12-20(15-25(24)40-6-2)28-27(29(36)38-4)18(3)32-30(37)33-28/h7-16,26,28,34-35H,5-6,17H2,1-4H3,(H2,32,33,37)/b31-16-/t26-,28+/m1/s1. The summed E-state index contributed by atoms with van der Waals surface area (Å²) in [5, 5.41) is 22.1. The lowest BCUT2D eigenvalue weighted by Gasteiger charge is -2.28. The average molecular weight is 563 g/mol. The quantitative estimate of drug-likeness (QED) is 0.113. The number of hydrogen-bond acceptors (Lipinski definition) is 9. The van der Waals surface area contributed by atoms with Gasteiger partial charge in [0, 0.05) is 11.3 Å². The van der Waals surface area contributed by atoms with Crippen LogP contribution in [0.15, 0.2) is 71.0 Å². The number of carbonyl (C=O) groups excluding carboxylic acids is 2. The van der Waals surface area contributed by atoms with Crippen LogP contribution in [-0.2, 0) is 9.53 Å². The smallest absolute Gasteiger partial charge is 0.337 e. The Balaban J connectivity index is 1.47. The van der Waals surface area contributed by atoms with Gasteiger partial charge in [0.2, 0.25) is 0 Å². The lowest BCUT2D eigenvalue weighted by molar-refractivity contribution is -0.136. The molecule has 3 aromatic rings. The van der Waals surface area contributed by atoms with Gasteiger partial charge in [0.15, 0.2) is 17.7 Å². The maximum Gasteiger partial charge on any atom is 0.337 e. The third kappa shape index (κ3) is 6.87. The molecule has 11 heteroatoms. The zero-order valence-electron chi connectivity index (χ0n) is 23.4. The summed E-state index contributed by atoms with van der Waals surface area (Å²) in [6.45, 7) is 6.08. The third-order valence-corrected chi connectivity index (χ3v) is 6.32. The van der Waals surface area contributed by atoms with Gasteiger partial charge in [0.05, 0.1) is 38.2 Å². The van der Waals surface area contributed by atoms with Crippen LogP contribution in [-0.4, -0.2) is 56.5 Å². The molecular formula is C30H34N4O7. The van der Waals surface area contributed by atoms with Gasteiger partial charge in [-0.05, 0) is 55.3 Å². The van der Waals surface area contributed by atoms with E-state index in [4.69, 9.17) is 18.9 Å². The van der Waals surface area contributed by atoms with Crippen molar-refractivity contribution in [3.05, 3.63) is 77.0 Å². The van der Waals surface area contributed by atoms with Crippen molar-refractivity contribution in [2.75, 3.05) is 26.9 Å². The van der Waals surface area contributed by atoms with Crippen molar-refractivity contribution in [1.29, 1.82) is 0 Å². The van der Waals surface area contributed by atoms with E-state index in [1.807, 2.05) is 50.2 Å². The Bertz CT molecular complexity index is 1470. The number of urea groups is 1. The topological polar surface area (TPSA) is 140 Å². The van der Waals surface area contributed by atoms with Crippen LogP contribution in [0.5, 0.6) is 17.2 Å². The van der Waals surface area contributed by atoms with Crippen LogP contribution in [0.4, 0.5) is 4.79 Å². The van der Waals surface area contributed by atoms with Crippen LogP contribution in [0.1, 0.15) is 37.9 Å². The molecule has 0 bridgehead atoms. The van der Waals surface area contributed by atoms with E-state index in [2.05, 4.69) is 21.2 Å². The summed E-state index contributed by atoms with van der Waals surface area (Å²) < 4.78 is 22.3. The maximum absolute atomic E-state index is 12.4. The summed E-state index contributed by atoms with van der Waals surface area (Å²) in [5.74, 6) is 0.875. The summed E-state index contributed by atoms with van der Waals surface area (Å²) in [5.41, 5.74) is 4.74. The summed E-state index contributed by atoms with van der Waals surface area (Å²) in [6, 6.07) is 15.6. The molecule has 0 spiro atoms. The van der Waals surface area contributed by atoms with Crippen LogP contribution in [0.3, 0.4) is 0 Å². The van der Waals surface area contributed by atoms with Gasteiger partial charge in [-0.15, -0.1) is 0 Å². The Kier molecular flexibility index (Phi) is 9.64. The van der Waals surface area contributed by atoms with Crippen LogP contribution < -0.4 is 30.3 Å². The van der Waals surface area contributed by atoms with E-state index in [1.54, 1.807) is 31.3 Å². The van der Waals surface area contributed by atoms with E-state index < -0.39 is 24.3 Å². The summed E-state index contributed by atoms with van der Waals surface area (Å²) in [6.07, 6.45) is 0.477. The Hall–Kier alpha value is -4.77. The van der Waals surface area contributed by atoms with E-state index in [1.165, 1.54) is 7.11 Å². The maximum atomic E-state index is 12.4. The Morgan fingerprint density at radius 1 is 1.05 bits per heavy atom. The second-order valence-corrected chi connectivity index (χ2v) is 9.05. The lowest BCUT2D eigenvalue weighted by atomic mass is 9.95. The number of esters is 1. The average Bonchev–Trinajstić information content (AvgIpc) is 2.97. The molecule has 1 aliphatic heterocycles. The molecule has 216 valence electrons. The first-order chi connectivity index (χ1) is 19.9. The summed E-state index contributed by atoms with van der Waals surface area (Å²) >= 11 is 0. The summed E-state index contributed by atoms with van der Waals surface area (Å²) in [7, 11) is 1.28. The number of aliphatic hydroxyl groups excluding tert-OH is 1. The number of carbonyl (C=O) groups is 2. The number of benzene rings is 3. The second-order valence-electron chi connectivity index (χ2n) is 9.05. The molecule has 3 aromatic carbocycles. The van der Waals surface area contributed by atoms with Gasteiger partial charge in [-0.25, -0.2) is 9.59 Å². The first-order valence-electron chi connectivity index (χ1n) is 13.2. The van der Waals surface area contributed by atoms with Crippen molar-refractivity contribution >= 4 is 29.0 Å². The largest absolute Gasteiger partial charge is 0.493 e. The number of hydrogen-bond donors (Lipinski definition) is 4. The fraction of sp³-hybridized carbons (Fsp3) is 0.300. The number of nitrogens with zero attached hydrogens (tertiary/aromatic N) is 1. The van der Waals surface area contributed by atoms with Crippen LogP contribution in [0, 0.1) is 0 Å². The minimum atomic E-state index is -1.13. The molecule has 1 aliphatic rings. The zero-order valence-corrected chi connectivity index (χ0v) is 23.4. The lowest BCUT2D eigenvalue weighted by Crippen LogP contribution is -2.45. The van der Waals surface area contributed by atoms with Crippen LogP contribution in [0.2, 0.25) is 0 Å². The number of allylic oxidation sites excluding steroid dienone is 1. The van der Waals surface area contributed by atoms with Gasteiger partial charge < -0.3 is 34.7 Å². The number of aliphatic hydroxyl groups is 1. The molecule has 4 N–H and O–H groups in total. The SMILES string of the molecule is CCOc1cc([C@@H]2NC(=O)NC(C)=C2C(=O)OC)ccc1OC[C@@H](O)N/N=C\c1c(OCC)ccc2ccccc12. The normalized spacial score (nSPS) is 15.7. The Morgan fingerprint density at radius 2 is 1.78 bits per heavy atom. The minimum Gasteiger partial charge on any atom is -0.493 e. The second kappa shape index (κ2) is 13.5. The highest BCUT2D eigenvalue weighted by Gasteiger charge is 2.32. The van der Waals surface area contributed by atoms with E-state index in [9.17, 15) is 14.7 Å². The molecule has 0 fully saturated rings. The van der Waals surface area contributed by atoms with Gasteiger partial charge in [0.1, 0.15) is 12.4 Å². The molecule has 2 amide bonds. The first-order valence-corrected chi connectivity index (χ1v) is 13.2. The number of rotatable bonds is 12. The van der Waals surface area contributed by atoms with E-state index >= 15 is 0 Å². The fourth-order valence-corrected chi connectivity index (χ4v) is 4.50. The molecule has 0 radical (unpaired) electrons. The number of ether oxygens (including phenoxy) is 4. The molecule has 41 heavy (non-hydrogen) atoms.